The van der Waals surface area contributed by atoms with Gasteiger partial charge in [0.2, 0.25) is 0 Å². The zero-order valence-corrected chi connectivity index (χ0v) is 69.6. The maximum absolute atomic E-state index is 13.1. The zero-order valence-electron chi connectivity index (χ0n) is 67.8. The Morgan fingerprint density at radius 1 is 0.282 bits per heavy atom. The molecular weight excluding hydrogens is 1340 g/mol. The number of unbranched alkanes of at least 4 members (excludes halogenated alkanes) is 49. The molecular formula is C84H164O17P2. The van der Waals surface area contributed by atoms with Gasteiger partial charge >= 0.3 is 39.5 Å². The van der Waals surface area contributed by atoms with Crippen LogP contribution in [0.25, 0.3) is 0 Å². The van der Waals surface area contributed by atoms with E-state index in [0.29, 0.717) is 25.7 Å². The Kier molecular flexibility index (Phi) is 72.8. The van der Waals surface area contributed by atoms with Crippen LogP contribution in [0.5, 0.6) is 0 Å². The van der Waals surface area contributed by atoms with Crippen molar-refractivity contribution in [2.24, 2.45) is 17.8 Å². The van der Waals surface area contributed by atoms with Crippen molar-refractivity contribution in [1.29, 1.82) is 0 Å². The average molecular weight is 1510 g/mol. The van der Waals surface area contributed by atoms with Gasteiger partial charge in [0.25, 0.3) is 0 Å². The molecule has 0 rings (SSSR count). The highest BCUT2D eigenvalue weighted by Gasteiger charge is 2.30. The van der Waals surface area contributed by atoms with Crippen LogP contribution in [0.3, 0.4) is 0 Å². The van der Waals surface area contributed by atoms with Crippen LogP contribution >= 0.6 is 15.6 Å². The molecule has 0 aliphatic heterocycles. The summed E-state index contributed by atoms with van der Waals surface area (Å²) in [7, 11) is -9.93. The highest BCUT2D eigenvalue weighted by Crippen LogP contribution is 2.45. The summed E-state index contributed by atoms with van der Waals surface area (Å²) in [5.74, 6) is 0.281. The highest BCUT2D eigenvalue weighted by atomic mass is 31.2. The van der Waals surface area contributed by atoms with E-state index < -0.39 is 97.5 Å². The first-order chi connectivity index (χ1) is 49.8. The Morgan fingerprint density at radius 3 is 0.738 bits per heavy atom. The van der Waals surface area contributed by atoms with Gasteiger partial charge in [-0.2, -0.15) is 0 Å². The smallest absolute Gasteiger partial charge is 0.462 e. The largest absolute Gasteiger partial charge is 0.472 e. The van der Waals surface area contributed by atoms with Gasteiger partial charge in [0, 0.05) is 25.7 Å². The summed E-state index contributed by atoms with van der Waals surface area (Å²) in [6.07, 6.45) is 63.7. The van der Waals surface area contributed by atoms with Crippen molar-refractivity contribution >= 4 is 39.5 Å². The second-order valence-corrected chi connectivity index (χ2v) is 34.3. The summed E-state index contributed by atoms with van der Waals surface area (Å²) in [5.41, 5.74) is 0. The van der Waals surface area contributed by atoms with Crippen LogP contribution in [0.15, 0.2) is 0 Å². The predicted molar refractivity (Wildman–Crippen MR) is 423 cm³/mol. The third-order valence-corrected chi connectivity index (χ3v) is 21.9. The molecule has 612 valence electrons. The van der Waals surface area contributed by atoms with E-state index in [1.807, 2.05) is 0 Å². The van der Waals surface area contributed by atoms with Crippen LogP contribution in [0.2, 0.25) is 0 Å². The van der Waals surface area contributed by atoms with Gasteiger partial charge in [0.15, 0.2) is 12.2 Å². The van der Waals surface area contributed by atoms with Crippen LogP contribution < -0.4 is 0 Å². The maximum Gasteiger partial charge on any atom is 0.472 e. The molecule has 0 amide bonds. The second kappa shape index (κ2) is 74.2. The first-order valence-corrected chi connectivity index (χ1v) is 46.4. The molecule has 0 aromatic rings. The summed E-state index contributed by atoms with van der Waals surface area (Å²) < 4.78 is 68.9. The molecule has 0 aliphatic carbocycles. The van der Waals surface area contributed by atoms with Crippen LogP contribution in [0, 0.1) is 17.8 Å². The minimum absolute atomic E-state index is 0.108. The van der Waals surface area contributed by atoms with E-state index in [1.165, 1.54) is 250 Å². The number of ether oxygens (including phenoxy) is 4. The first kappa shape index (κ1) is 101. The number of esters is 4. The second-order valence-electron chi connectivity index (χ2n) is 31.4. The molecule has 17 nitrogen and oxygen atoms in total. The van der Waals surface area contributed by atoms with E-state index in [4.69, 9.17) is 37.0 Å². The van der Waals surface area contributed by atoms with Crippen LogP contribution in [0.1, 0.15) is 440 Å². The summed E-state index contributed by atoms with van der Waals surface area (Å²) in [6.45, 7) is 12.0. The Bertz CT molecular complexity index is 1990. The van der Waals surface area contributed by atoms with E-state index in [-0.39, 0.29) is 25.7 Å². The summed E-state index contributed by atoms with van der Waals surface area (Å²) in [6, 6.07) is 0. The zero-order chi connectivity index (χ0) is 75.8. The lowest BCUT2D eigenvalue weighted by atomic mass is 9.99. The number of aliphatic hydroxyl groups excluding tert-OH is 1. The number of hydrogen-bond donors (Lipinski definition) is 3. The summed E-state index contributed by atoms with van der Waals surface area (Å²) >= 11 is 0. The van der Waals surface area contributed by atoms with Crippen molar-refractivity contribution < 1.29 is 80.2 Å². The molecule has 0 aromatic heterocycles. The lowest BCUT2D eigenvalue weighted by Crippen LogP contribution is -2.30. The fraction of sp³-hybridized carbons (Fsp3) is 0.952. The molecule has 0 heterocycles. The minimum atomic E-state index is -4.97. The van der Waals surface area contributed by atoms with Gasteiger partial charge in [0.1, 0.15) is 19.3 Å². The van der Waals surface area contributed by atoms with Crippen LogP contribution in [-0.4, -0.2) is 96.7 Å². The Balaban J connectivity index is 5.27. The minimum Gasteiger partial charge on any atom is -0.462 e. The van der Waals surface area contributed by atoms with Gasteiger partial charge in [-0.05, 0) is 43.4 Å². The molecule has 3 N–H and O–H groups in total. The molecule has 0 aliphatic rings. The van der Waals surface area contributed by atoms with Crippen LogP contribution in [0.4, 0.5) is 0 Å². The third kappa shape index (κ3) is 76.6. The predicted octanol–water partition coefficient (Wildman–Crippen LogP) is 25.3. The Morgan fingerprint density at radius 2 is 0.495 bits per heavy atom. The number of aliphatic hydroxyl groups is 1. The SMILES string of the molecule is CCCCCCCCCCCCCCCCCC(=O)O[C@H](COC(=O)CCCCCCCCCCC(C)CC)COP(=O)(O)OC[C@H](O)COP(=O)(O)OC[C@@H](COC(=O)CCCCCCCCCCCCCCCCC(C)C)OC(=O)CCCCCCCCCCCCCCCCCCC(C)C. The summed E-state index contributed by atoms with van der Waals surface area (Å²) in [5, 5.41) is 10.7. The van der Waals surface area contributed by atoms with E-state index in [9.17, 15) is 43.2 Å². The van der Waals surface area contributed by atoms with Gasteiger partial charge in [-0.1, -0.05) is 389 Å². The van der Waals surface area contributed by atoms with Crippen LogP contribution in [-0.2, 0) is 65.4 Å². The Labute approximate surface area is 632 Å². The van der Waals surface area contributed by atoms with Crippen molar-refractivity contribution in [1.82, 2.24) is 0 Å². The van der Waals surface area contributed by atoms with Gasteiger partial charge in [-0.3, -0.25) is 37.3 Å². The number of phosphoric acid groups is 2. The van der Waals surface area contributed by atoms with E-state index in [0.717, 1.165) is 108 Å². The molecule has 0 fully saturated rings. The van der Waals surface area contributed by atoms with Crippen molar-refractivity contribution in [3.05, 3.63) is 0 Å². The standard InChI is InChI=1S/C84H164O17P2/c1-8-10-11-12-13-14-15-16-19-27-32-37-46-53-60-67-84(89)101-80(72-95-82(87)66-59-52-45-40-39-43-50-57-64-77(7)9-2)74-99-103(92,93)97-70-78(85)69-96-102(90,91)98-73-79(71-94-81(86)65-58-51-44-36-31-26-23-22-25-30-35-42-49-56-63-76(5)6)100-83(88)68-61-54-47-38-33-28-21-18-17-20-24-29-34-41-48-55-62-75(3)4/h75-80,85H,8-74H2,1-7H3,(H,90,91)(H,92,93)/t77?,78-,79-,80-/m1/s1. The third-order valence-electron chi connectivity index (χ3n) is 20.0. The molecule has 19 heteroatoms. The van der Waals surface area contributed by atoms with Gasteiger partial charge in [-0.25, -0.2) is 9.13 Å². The van der Waals surface area contributed by atoms with E-state index in [1.54, 1.807) is 0 Å². The summed E-state index contributed by atoms with van der Waals surface area (Å²) in [4.78, 5) is 73.2. The molecule has 0 spiro atoms. The Hall–Kier alpha value is -1.94. The molecule has 0 bridgehead atoms. The molecule has 0 radical (unpaired) electrons. The van der Waals surface area contributed by atoms with Crippen molar-refractivity contribution in [2.45, 2.75) is 458 Å². The quantitative estimate of drug-likeness (QED) is 0.0222. The molecule has 103 heavy (non-hydrogen) atoms. The van der Waals surface area contributed by atoms with Crippen molar-refractivity contribution in [2.75, 3.05) is 39.6 Å². The molecule has 3 unspecified atom stereocenters. The molecule has 0 saturated carbocycles. The van der Waals surface area contributed by atoms with Gasteiger partial charge in [-0.15, -0.1) is 0 Å². The topological polar surface area (TPSA) is 237 Å². The lowest BCUT2D eigenvalue weighted by Gasteiger charge is -2.21. The average Bonchev–Trinajstić information content (AvgIpc) is 0.913. The fourth-order valence-electron chi connectivity index (χ4n) is 13.0. The fourth-order valence-corrected chi connectivity index (χ4v) is 14.6. The van der Waals surface area contributed by atoms with E-state index in [2.05, 4.69) is 48.5 Å². The highest BCUT2D eigenvalue weighted by molar-refractivity contribution is 7.47. The van der Waals surface area contributed by atoms with Gasteiger partial charge < -0.3 is 33.8 Å². The first-order valence-electron chi connectivity index (χ1n) is 43.4. The number of phosphoric ester groups is 2. The van der Waals surface area contributed by atoms with Crippen molar-refractivity contribution in [3.8, 4) is 0 Å². The molecule has 0 saturated heterocycles. The monoisotopic (exact) mass is 1510 g/mol. The maximum atomic E-state index is 13.1. The molecule has 6 atom stereocenters. The van der Waals surface area contributed by atoms with Crippen molar-refractivity contribution in [3.63, 3.8) is 0 Å². The number of rotatable bonds is 82. The lowest BCUT2D eigenvalue weighted by molar-refractivity contribution is -0.161. The normalized spacial score (nSPS) is 14.2. The van der Waals surface area contributed by atoms with E-state index >= 15 is 0 Å². The number of carbonyl (C=O) groups is 4. The van der Waals surface area contributed by atoms with Gasteiger partial charge in [0.05, 0.1) is 26.4 Å². The number of carbonyl (C=O) groups excluding carboxylic acids is 4. The molecule has 0 aromatic carbocycles. The number of hydrogen-bond acceptors (Lipinski definition) is 15.